The zero-order chi connectivity index (χ0) is 19.4. The van der Waals surface area contributed by atoms with Gasteiger partial charge in [-0.2, -0.15) is 0 Å². The molecule has 0 aromatic carbocycles. The molecule has 8 nitrogen and oxygen atoms in total. The van der Waals surface area contributed by atoms with Crippen LogP contribution in [0.15, 0.2) is 0 Å². The molecule has 0 aromatic heterocycles. The molecule has 1 saturated heterocycles. The summed E-state index contributed by atoms with van der Waals surface area (Å²) in [4.78, 5) is 2.09. The highest BCUT2D eigenvalue weighted by atomic mass is 16.6. The van der Waals surface area contributed by atoms with E-state index in [1.54, 1.807) is 0 Å². The fourth-order valence-electron chi connectivity index (χ4n) is 2.46. The molecule has 162 valence electrons. The lowest BCUT2D eigenvalue weighted by Gasteiger charge is -2.22. The normalized spacial score (nSPS) is 15.7. The lowest BCUT2D eigenvalue weighted by Crippen LogP contribution is -2.33. The molecule has 0 spiro atoms. The molecule has 0 aromatic rings. The summed E-state index contributed by atoms with van der Waals surface area (Å²) in [6.07, 6.45) is 2.58. The molecule has 0 saturated carbocycles. The highest BCUT2D eigenvalue weighted by Gasteiger charge is 2.12. The molecular formula is C19H40N2O6. The molecule has 1 N–H and O–H groups in total. The van der Waals surface area contributed by atoms with E-state index in [1.165, 1.54) is 0 Å². The Morgan fingerprint density at radius 3 is 1.48 bits per heavy atom. The van der Waals surface area contributed by atoms with Crippen LogP contribution >= 0.6 is 0 Å². The Hall–Kier alpha value is -0.320. The third-order valence-electron chi connectivity index (χ3n) is 4.04. The Kier molecular flexibility index (Phi) is 17.4. The van der Waals surface area contributed by atoms with Gasteiger partial charge in [-0.25, -0.2) is 0 Å². The summed E-state index contributed by atoms with van der Waals surface area (Å²) in [5.74, 6) is 0. The average Bonchev–Trinajstić information content (AvgIpc) is 2.67. The lowest BCUT2D eigenvalue weighted by atomic mass is 10.1. The second kappa shape index (κ2) is 19.0. The first kappa shape index (κ1) is 24.7. The van der Waals surface area contributed by atoms with Crippen LogP contribution in [0.5, 0.6) is 0 Å². The minimum absolute atomic E-state index is 0.392. The minimum Gasteiger partial charge on any atom is -0.378 e. The van der Waals surface area contributed by atoms with E-state index in [1.807, 2.05) is 14.1 Å². The quantitative estimate of drug-likeness (QED) is 0.317. The van der Waals surface area contributed by atoms with Crippen LogP contribution in [-0.4, -0.2) is 117 Å². The first-order valence-electron chi connectivity index (χ1n) is 10.1. The smallest absolute Gasteiger partial charge is 0.0704 e. The fraction of sp³-hybridized carbons (Fsp3) is 1.00. The number of hydrogen-bond acceptors (Lipinski definition) is 8. The van der Waals surface area contributed by atoms with Crippen molar-refractivity contribution in [3.05, 3.63) is 0 Å². The maximum absolute atomic E-state index is 5.76. The number of piperidine rings is 1. The molecule has 0 aliphatic carbocycles. The molecule has 1 fully saturated rings. The first-order valence-corrected chi connectivity index (χ1v) is 10.1. The van der Waals surface area contributed by atoms with Crippen molar-refractivity contribution in [3.8, 4) is 0 Å². The molecule has 27 heavy (non-hydrogen) atoms. The minimum atomic E-state index is 0.392. The van der Waals surface area contributed by atoms with Gasteiger partial charge >= 0.3 is 0 Å². The number of nitrogens with one attached hydrogen (secondary N) is 1. The molecule has 1 aliphatic heterocycles. The summed E-state index contributed by atoms with van der Waals surface area (Å²) >= 11 is 0. The van der Waals surface area contributed by atoms with Gasteiger partial charge in [0.2, 0.25) is 0 Å². The lowest BCUT2D eigenvalue weighted by molar-refractivity contribution is -0.0297. The van der Waals surface area contributed by atoms with Gasteiger partial charge in [-0.3, -0.25) is 0 Å². The van der Waals surface area contributed by atoms with Crippen molar-refractivity contribution in [1.29, 1.82) is 0 Å². The summed E-state index contributed by atoms with van der Waals surface area (Å²) in [6.45, 7) is 9.76. The Morgan fingerprint density at radius 2 is 1.04 bits per heavy atom. The molecular weight excluding hydrogens is 352 g/mol. The van der Waals surface area contributed by atoms with E-state index in [9.17, 15) is 0 Å². The van der Waals surface area contributed by atoms with Crippen LogP contribution in [-0.2, 0) is 28.4 Å². The summed E-state index contributed by atoms with van der Waals surface area (Å²) < 4.78 is 33.0. The van der Waals surface area contributed by atoms with Crippen molar-refractivity contribution in [2.75, 3.05) is 106 Å². The highest BCUT2D eigenvalue weighted by molar-refractivity contribution is 4.67. The van der Waals surface area contributed by atoms with Gasteiger partial charge < -0.3 is 38.6 Å². The molecule has 0 radical (unpaired) electrons. The Morgan fingerprint density at radius 1 is 0.630 bits per heavy atom. The van der Waals surface area contributed by atoms with Gasteiger partial charge in [-0.15, -0.1) is 0 Å². The van der Waals surface area contributed by atoms with E-state index < -0.39 is 0 Å². The SMILES string of the molecule is CN(C)CCOCCOCCOCCOCCOCCOC1CCNCC1. The standard InChI is InChI=1S/C19H40N2O6/c1-21(2)7-8-22-9-10-23-11-12-24-13-14-25-15-16-26-17-18-27-19-3-5-20-6-4-19/h19-20H,3-18H2,1-2H3. The Labute approximate surface area is 164 Å². The van der Waals surface area contributed by atoms with E-state index in [0.717, 1.165) is 39.1 Å². The van der Waals surface area contributed by atoms with Gasteiger partial charge in [-0.1, -0.05) is 0 Å². The molecule has 8 heteroatoms. The average molecular weight is 393 g/mol. The van der Waals surface area contributed by atoms with Gasteiger partial charge in [0.15, 0.2) is 0 Å². The molecule has 1 aliphatic rings. The zero-order valence-electron chi connectivity index (χ0n) is 17.3. The van der Waals surface area contributed by atoms with Crippen LogP contribution in [0.1, 0.15) is 12.8 Å². The van der Waals surface area contributed by atoms with Crippen LogP contribution in [0, 0.1) is 0 Å². The van der Waals surface area contributed by atoms with Gasteiger partial charge in [0.25, 0.3) is 0 Å². The largest absolute Gasteiger partial charge is 0.378 e. The maximum Gasteiger partial charge on any atom is 0.0704 e. The number of nitrogens with zero attached hydrogens (tertiary/aromatic N) is 1. The second-order valence-electron chi connectivity index (χ2n) is 6.69. The molecule has 0 bridgehead atoms. The summed E-state index contributed by atoms with van der Waals surface area (Å²) in [6, 6.07) is 0. The van der Waals surface area contributed by atoms with E-state index in [4.69, 9.17) is 28.4 Å². The van der Waals surface area contributed by atoms with Crippen LogP contribution in [0.4, 0.5) is 0 Å². The molecule has 0 atom stereocenters. The van der Waals surface area contributed by atoms with Crippen LogP contribution in [0.25, 0.3) is 0 Å². The second-order valence-corrected chi connectivity index (χ2v) is 6.69. The van der Waals surface area contributed by atoms with E-state index in [-0.39, 0.29) is 0 Å². The van der Waals surface area contributed by atoms with Crippen molar-refractivity contribution < 1.29 is 28.4 Å². The van der Waals surface area contributed by atoms with Crippen molar-refractivity contribution in [2.45, 2.75) is 18.9 Å². The fourth-order valence-corrected chi connectivity index (χ4v) is 2.46. The molecule has 0 unspecified atom stereocenters. The van der Waals surface area contributed by atoms with Crippen LogP contribution in [0.3, 0.4) is 0 Å². The first-order chi connectivity index (χ1) is 13.3. The topological polar surface area (TPSA) is 70.7 Å². The summed E-state index contributed by atoms with van der Waals surface area (Å²) in [7, 11) is 4.06. The van der Waals surface area contributed by atoms with Gasteiger partial charge in [0.05, 0.1) is 78.8 Å². The Bertz CT molecular complexity index is 304. The van der Waals surface area contributed by atoms with Crippen molar-refractivity contribution in [1.82, 2.24) is 10.2 Å². The van der Waals surface area contributed by atoms with Gasteiger partial charge in [-0.05, 0) is 40.0 Å². The Balaban J connectivity index is 1.65. The molecule has 0 amide bonds. The predicted molar refractivity (Wildman–Crippen MR) is 104 cm³/mol. The molecule has 1 rings (SSSR count). The summed E-state index contributed by atoms with van der Waals surface area (Å²) in [5.41, 5.74) is 0. The predicted octanol–water partition coefficient (Wildman–Crippen LogP) is 0.400. The van der Waals surface area contributed by atoms with E-state index >= 15 is 0 Å². The van der Waals surface area contributed by atoms with Crippen molar-refractivity contribution >= 4 is 0 Å². The van der Waals surface area contributed by atoms with Crippen molar-refractivity contribution in [2.24, 2.45) is 0 Å². The van der Waals surface area contributed by atoms with Crippen LogP contribution < -0.4 is 5.32 Å². The number of hydrogen-bond donors (Lipinski definition) is 1. The molecule has 1 heterocycles. The number of ether oxygens (including phenoxy) is 6. The van der Waals surface area contributed by atoms with E-state index in [0.29, 0.717) is 72.2 Å². The monoisotopic (exact) mass is 392 g/mol. The maximum atomic E-state index is 5.76. The number of likely N-dealkylation sites (N-methyl/N-ethyl adjacent to an activating group) is 1. The highest BCUT2D eigenvalue weighted by Crippen LogP contribution is 2.06. The van der Waals surface area contributed by atoms with Gasteiger partial charge in [0, 0.05) is 6.54 Å². The summed E-state index contributed by atoms with van der Waals surface area (Å²) in [5, 5.41) is 3.32. The number of rotatable bonds is 19. The van der Waals surface area contributed by atoms with Crippen molar-refractivity contribution in [3.63, 3.8) is 0 Å². The van der Waals surface area contributed by atoms with Crippen LogP contribution in [0.2, 0.25) is 0 Å². The third-order valence-corrected chi connectivity index (χ3v) is 4.04. The van der Waals surface area contributed by atoms with E-state index in [2.05, 4.69) is 10.2 Å². The zero-order valence-corrected chi connectivity index (χ0v) is 17.3. The van der Waals surface area contributed by atoms with Gasteiger partial charge in [0.1, 0.15) is 0 Å². The third kappa shape index (κ3) is 17.5.